The third-order valence-corrected chi connectivity index (χ3v) is 3.76. The van der Waals surface area contributed by atoms with Crippen molar-refractivity contribution in [3.05, 3.63) is 71.1 Å². The molecule has 0 spiro atoms. The van der Waals surface area contributed by atoms with Crippen LogP contribution in [0.1, 0.15) is 5.76 Å². The van der Waals surface area contributed by atoms with Gasteiger partial charge in [0.05, 0.1) is 6.26 Å². The standard InChI is InChI=1S/C17H12BrNO2/c18-15-8-9-16(14-6-2-1-5-13(14)15)19-17(20)10-7-12-4-3-11-21-12/h1-11H,(H,19,20)/b10-7+. The predicted molar refractivity (Wildman–Crippen MR) is 88.0 cm³/mol. The predicted octanol–water partition coefficient (Wildman–Crippen LogP) is 4.85. The molecule has 0 aliphatic heterocycles. The average molecular weight is 342 g/mol. The smallest absolute Gasteiger partial charge is 0.248 e. The number of benzene rings is 2. The highest BCUT2D eigenvalue weighted by molar-refractivity contribution is 9.10. The van der Waals surface area contributed by atoms with E-state index in [1.54, 1.807) is 24.5 Å². The van der Waals surface area contributed by atoms with Gasteiger partial charge in [0.15, 0.2) is 0 Å². The van der Waals surface area contributed by atoms with Crippen LogP contribution in [0.4, 0.5) is 5.69 Å². The van der Waals surface area contributed by atoms with Gasteiger partial charge in [0, 0.05) is 21.6 Å². The van der Waals surface area contributed by atoms with Crippen molar-refractivity contribution in [3.8, 4) is 0 Å². The molecule has 0 aliphatic carbocycles. The van der Waals surface area contributed by atoms with E-state index in [9.17, 15) is 4.79 Å². The molecular formula is C17H12BrNO2. The first-order valence-corrected chi connectivity index (χ1v) is 7.23. The molecule has 1 amide bonds. The summed E-state index contributed by atoms with van der Waals surface area (Å²) in [6, 6.07) is 15.3. The molecule has 1 aromatic heterocycles. The van der Waals surface area contributed by atoms with E-state index >= 15 is 0 Å². The first-order valence-electron chi connectivity index (χ1n) is 6.44. The summed E-state index contributed by atoms with van der Waals surface area (Å²) in [6.07, 6.45) is 4.66. The molecule has 3 aromatic rings. The maximum absolute atomic E-state index is 12.0. The molecule has 0 unspecified atom stereocenters. The van der Waals surface area contributed by atoms with Gasteiger partial charge in [-0.2, -0.15) is 0 Å². The second-order valence-corrected chi connectivity index (χ2v) is 5.33. The van der Waals surface area contributed by atoms with Crippen molar-refractivity contribution in [3.63, 3.8) is 0 Å². The zero-order valence-electron chi connectivity index (χ0n) is 11.0. The molecule has 104 valence electrons. The number of carbonyl (C=O) groups excluding carboxylic acids is 1. The van der Waals surface area contributed by atoms with Crippen LogP contribution in [0, 0.1) is 0 Å². The topological polar surface area (TPSA) is 42.2 Å². The zero-order valence-corrected chi connectivity index (χ0v) is 12.6. The zero-order chi connectivity index (χ0) is 14.7. The molecule has 4 heteroatoms. The quantitative estimate of drug-likeness (QED) is 0.692. The fourth-order valence-electron chi connectivity index (χ4n) is 2.09. The summed E-state index contributed by atoms with van der Waals surface area (Å²) >= 11 is 3.52. The second kappa shape index (κ2) is 5.97. The normalized spacial score (nSPS) is 11.1. The Kier molecular flexibility index (Phi) is 3.88. The van der Waals surface area contributed by atoms with E-state index in [-0.39, 0.29) is 5.91 Å². The number of nitrogens with one attached hydrogen (secondary N) is 1. The lowest BCUT2D eigenvalue weighted by Gasteiger charge is -2.08. The van der Waals surface area contributed by atoms with Crippen LogP contribution < -0.4 is 5.32 Å². The first kappa shape index (κ1) is 13.6. The first-order chi connectivity index (χ1) is 10.2. The van der Waals surface area contributed by atoms with Crippen LogP contribution in [-0.2, 0) is 4.79 Å². The number of anilines is 1. The SMILES string of the molecule is O=C(/C=C/c1ccco1)Nc1ccc(Br)c2ccccc12. The van der Waals surface area contributed by atoms with Crippen molar-refractivity contribution in [2.24, 2.45) is 0 Å². The summed E-state index contributed by atoms with van der Waals surface area (Å²) in [5.41, 5.74) is 0.780. The summed E-state index contributed by atoms with van der Waals surface area (Å²) in [6.45, 7) is 0. The van der Waals surface area contributed by atoms with E-state index in [1.165, 1.54) is 6.08 Å². The van der Waals surface area contributed by atoms with Gasteiger partial charge in [-0.3, -0.25) is 4.79 Å². The van der Waals surface area contributed by atoms with Gasteiger partial charge in [-0.25, -0.2) is 0 Å². The Labute approximate surface area is 130 Å². The summed E-state index contributed by atoms with van der Waals surface area (Å²) < 4.78 is 6.15. The van der Waals surface area contributed by atoms with E-state index in [1.807, 2.05) is 36.4 Å². The molecule has 0 saturated heterocycles. The van der Waals surface area contributed by atoms with Crippen molar-refractivity contribution in [2.75, 3.05) is 5.32 Å². The summed E-state index contributed by atoms with van der Waals surface area (Å²) in [7, 11) is 0. The lowest BCUT2D eigenvalue weighted by Crippen LogP contribution is -2.08. The summed E-state index contributed by atoms with van der Waals surface area (Å²) in [5.74, 6) is 0.449. The van der Waals surface area contributed by atoms with Crippen molar-refractivity contribution in [2.45, 2.75) is 0 Å². The van der Waals surface area contributed by atoms with Crippen LogP contribution >= 0.6 is 15.9 Å². The van der Waals surface area contributed by atoms with Crippen molar-refractivity contribution < 1.29 is 9.21 Å². The molecule has 1 N–H and O–H groups in total. The van der Waals surface area contributed by atoms with Gasteiger partial charge in [-0.05, 0) is 35.7 Å². The molecule has 0 atom stereocenters. The number of amides is 1. The molecule has 0 fully saturated rings. The second-order valence-electron chi connectivity index (χ2n) is 4.48. The third-order valence-electron chi connectivity index (χ3n) is 3.07. The number of hydrogen-bond acceptors (Lipinski definition) is 2. The minimum Gasteiger partial charge on any atom is -0.465 e. The Hall–Kier alpha value is -2.33. The average Bonchev–Trinajstić information content (AvgIpc) is 3.02. The minimum atomic E-state index is -0.195. The van der Waals surface area contributed by atoms with Gasteiger partial charge >= 0.3 is 0 Å². The number of rotatable bonds is 3. The third kappa shape index (κ3) is 3.06. The molecular weight excluding hydrogens is 330 g/mol. The van der Waals surface area contributed by atoms with E-state index in [0.29, 0.717) is 5.76 Å². The van der Waals surface area contributed by atoms with Crippen LogP contribution in [0.25, 0.3) is 16.8 Å². The van der Waals surface area contributed by atoms with E-state index < -0.39 is 0 Å². The van der Waals surface area contributed by atoms with E-state index in [4.69, 9.17) is 4.42 Å². The molecule has 0 aliphatic rings. The lowest BCUT2D eigenvalue weighted by atomic mass is 10.1. The van der Waals surface area contributed by atoms with E-state index in [0.717, 1.165) is 20.9 Å². The lowest BCUT2D eigenvalue weighted by molar-refractivity contribution is -0.111. The van der Waals surface area contributed by atoms with Crippen LogP contribution in [0.15, 0.2) is 69.8 Å². The van der Waals surface area contributed by atoms with Crippen LogP contribution in [-0.4, -0.2) is 5.91 Å². The summed E-state index contributed by atoms with van der Waals surface area (Å²) in [5, 5.41) is 4.94. The van der Waals surface area contributed by atoms with Crippen LogP contribution in [0.3, 0.4) is 0 Å². The van der Waals surface area contributed by atoms with Gasteiger partial charge in [-0.15, -0.1) is 0 Å². The molecule has 3 nitrogen and oxygen atoms in total. The van der Waals surface area contributed by atoms with Gasteiger partial charge < -0.3 is 9.73 Å². The maximum atomic E-state index is 12.0. The van der Waals surface area contributed by atoms with Crippen LogP contribution in [0.5, 0.6) is 0 Å². The van der Waals surface area contributed by atoms with Crippen molar-refractivity contribution in [1.29, 1.82) is 0 Å². The molecule has 0 radical (unpaired) electrons. The van der Waals surface area contributed by atoms with Crippen LogP contribution in [0.2, 0.25) is 0 Å². The molecule has 3 rings (SSSR count). The highest BCUT2D eigenvalue weighted by Crippen LogP contribution is 2.29. The van der Waals surface area contributed by atoms with Gasteiger partial charge in [0.2, 0.25) is 5.91 Å². The number of fused-ring (bicyclic) bond motifs is 1. The van der Waals surface area contributed by atoms with Crippen molar-refractivity contribution >= 4 is 44.4 Å². The Morgan fingerprint density at radius 2 is 1.86 bits per heavy atom. The van der Waals surface area contributed by atoms with Gasteiger partial charge in [-0.1, -0.05) is 40.2 Å². The Morgan fingerprint density at radius 3 is 2.62 bits per heavy atom. The monoisotopic (exact) mass is 341 g/mol. The molecule has 21 heavy (non-hydrogen) atoms. The number of hydrogen-bond donors (Lipinski definition) is 1. The van der Waals surface area contributed by atoms with E-state index in [2.05, 4.69) is 21.2 Å². The summed E-state index contributed by atoms with van der Waals surface area (Å²) in [4.78, 5) is 12.0. The van der Waals surface area contributed by atoms with Gasteiger partial charge in [0.1, 0.15) is 5.76 Å². The number of carbonyl (C=O) groups is 1. The van der Waals surface area contributed by atoms with Gasteiger partial charge in [0.25, 0.3) is 0 Å². The minimum absolute atomic E-state index is 0.195. The fourth-order valence-corrected chi connectivity index (χ4v) is 2.57. The highest BCUT2D eigenvalue weighted by atomic mass is 79.9. The molecule has 1 heterocycles. The maximum Gasteiger partial charge on any atom is 0.248 e. The molecule has 0 saturated carbocycles. The number of halogens is 1. The largest absolute Gasteiger partial charge is 0.465 e. The fraction of sp³-hybridized carbons (Fsp3) is 0. The number of furan rings is 1. The Morgan fingerprint density at radius 1 is 1.05 bits per heavy atom. The van der Waals surface area contributed by atoms with Crippen molar-refractivity contribution in [1.82, 2.24) is 0 Å². The molecule has 2 aromatic carbocycles. The highest BCUT2D eigenvalue weighted by Gasteiger charge is 2.05. The Balaban J connectivity index is 1.85. The Bertz CT molecular complexity index is 807. The molecule has 0 bridgehead atoms.